The fraction of sp³-hybridized carbons (Fsp3) is 0.400. The molecule has 0 aliphatic carbocycles. The van der Waals surface area contributed by atoms with Crippen molar-refractivity contribution in [1.82, 2.24) is 9.78 Å². The number of halogens is 3. The summed E-state index contributed by atoms with van der Waals surface area (Å²) < 4.78 is 46.5. The molecule has 0 amide bonds. The van der Waals surface area contributed by atoms with E-state index >= 15 is 0 Å². The van der Waals surface area contributed by atoms with E-state index in [2.05, 4.69) is 5.10 Å². The monoisotopic (exact) mass is 313 g/mol. The normalized spacial score (nSPS) is 12.0. The van der Waals surface area contributed by atoms with Gasteiger partial charge >= 0.3 is 6.18 Å². The summed E-state index contributed by atoms with van der Waals surface area (Å²) >= 11 is 0. The zero-order valence-corrected chi connectivity index (χ0v) is 12.4. The van der Waals surface area contributed by atoms with Crippen LogP contribution in [-0.4, -0.2) is 22.4 Å². The van der Waals surface area contributed by atoms with E-state index in [1.807, 2.05) is 0 Å². The van der Waals surface area contributed by atoms with E-state index in [0.717, 1.165) is 6.07 Å². The highest BCUT2D eigenvalue weighted by Crippen LogP contribution is 2.39. The van der Waals surface area contributed by atoms with Crippen molar-refractivity contribution in [1.29, 1.82) is 0 Å². The summed E-state index contributed by atoms with van der Waals surface area (Å²) in [6, 6.07) is 4.02. The van der Waals surface area contributed by atoms with Gasteiger partial charge in [-0.1, -0.05) is 6.07 Å². The first kappa shape index (κ1) is 16.4. The first-order valence-electron chi connectivity index (χ1n) is 6.92. The van der Waals surface area contributed by atoms with Crippen LogP contribution in [-0.2, 0) is 12.7 Å². The molecule has 0 aliphatic heterocycles. The number of benzene rings is 1. The summed E-state index contributed by atoms with van der Waals surface area (Å²) in [6.07, 6.45) is -1.62. The van der Waals surface area contributed by atoms with Crippen LogP contribution < -0.4 is 10.5 Å². The highest BCUT2D eigenvalue weighted by Gasteiger charge is 2.35. The average molecular weight is 313 g/mol. The number of rotatable bonds is 5. The molecular weight excluding hydrogens is 295 g/mol. The molecule has 0 saturated heterocycles. The molecule has 0 radical (unpaired) electrons. The Labute approximate surface area is 126 Å². The lowest BCUT2D eigenvalue weighted by atomic mass is 10.0. The van der Waals surface area contributed by atoms with Crippen LogP contribution in [0.15, 0.2) is 30.6 Å². The quantitative estimate of drug-likeness (QED) is 0.921. The van der Waals surface area contributed by atoms with E-state index in [0.29, 0.717) is 24.2 Å². The molecule has 1 aromatic heterocycles. The van der Waals surface area contributed by atoms with Gasteiger partial charge in [-0.05, 0) is 31.5 Å². The molecule has 7 heteroatoms. The van der Waals surface area contributed by atoms with Crippen molar-refractivity contribution >= 4 is 0 Å². The van der Waals surface area contributed by atoms with Gasteiger partial charge in [0.25, 0.3) is 0 Å². The van der Waals surface area contributed by atoms with Crippen molar-refractivity contribution in [3.8, 4) is 16.9 Å². The van der Waals surface area contributed by atoms with Gasteiger partial charge in [0, 0.05) is 18.3 Å². The summed E-state index contributed by atoms with van der Waals surface area (Å²) in [5, 5.41) is 4.07. The van der Waals surface area contributed by atoms with Crippen molar-refractivity contribution in [2.24, 2.45) is 5.73 Å². The Morgan fingerprint density at radius 2 is 2.00 bits per heavy atom. The highest BCUT2D eigenvalue weighted by molar-refractivity contribution is 5.64. The van der Waals surface area contributed by atoms with Crippen molar-refractivity contribution < 1.29 is 17.9 Å². The molecule has 22 heavy (non-hydrogen) atoms. The molecule has 120 valence electrons. The van der Waals surface area contributed by atoms with Crippen LogP contribution in [0.4, 0.5) is 13.2 Å². The van der Waals surface area contributed by atoms with E-state index in [1.54, 1.807) is 30.8 Å². The molecule has 0 atom stereocenters. The fourth-order valence-electron chi connectivity index (χ4n) is 2.05. The lowest BCUT2D eigenvalue weighted by molar-refractivity contribution is -0.139. The first-order chi connectivity index (χ1) is 10.3. The van der Waals surface area contributed by atoms with E-state index in [9.17, 15) is 13.2 Å². The van der Waals surface area contributed by atoms with Crippen LogP contribution in [0.25, 0.3) is 11.1 Å². The molecule has 2 N–H and O–H groups in total. The zero-order chi connectivity index (χ0) is 16.3. The number of nitrogens with two attached hydrogens (primary N) is 1. The summed E-state index contributed by atoms with van der Waals surface area (Å²) in [5.41, 5.74) is 5.69. The lowest BCUT2D eigenvalue weighted by Crippen LogP contribution is -2.13. The molecule has 1 heterocycles. The predicted molar refractivity (Wildman–Crippen MR) is 77.5 cm³/mol. The average Bonchev–Trinajstić information content (AvgIpc) is 2.86. The van der Waals surface area contributed by atoms with Gasteiger partial charge in [0.2, 0.25) is 0 Å². The minimum Gasteiger partial charge on any atom is -0.490 e. The Balaban J connectivity index is 2.41. The van der Waals surface area contributed by atoms with E-state index in [4.69, 9.17) is 10.5 Å². The minimum absolute atomic E-state index is 0.166. The Kier molecular flexibility index (Phi) is 4.75. The van der Waals surface area contributed by atoms with Gasteiger partial charge in [0.15, 0.2) is 0 Å². The third-order valence-corrected chi connectivity index (χ3v) is 2.97. The molecule has 1 aromatic carbocycles. The van der Waals surface area contributed by atoms with Crippen LogP contribution >= 0.6 is 0 Å². The second-order valence-corrected chi connectivity index (χ2v) is 5.16. The number of aromatic nitrogens is 2. The third-order valence-electron chi connectivity index (χ3n) is 2.97. The summed E-state index contributed by atoms with van der Waals surface area (Å²) in [4.78, 5) is 0. The molecule has 0 aliphatic rings. The second kappa shape index (κ2) is 6.39. The molecule has 0 unspecified atom stereocenters. The van der Waals surface area contributed by atoms with Gasteiger partial charge in [-0.15, -0.1) is 0 Å². The smallest absolute Gasteiger partial charge is 0.419 e. The van der Waals surface area contributed by atoms with Crippen LogP contribution in [0.3, 0.4) is 0 Å². The zero-order valence-electron chi connectivity index (χ0n) is 12.4. The molecule has 0 saturated carbocycles. The molecule has 0 fully saturated rings. The number of hydrogen-bond acceptors (Lipinski definition) is 3. The van der Waals surface area contributed by atoms with E-state index in [1.165, 1.54) is 12.3 Å². The molecule has 0 bridgehead atoms. The van der Waals surface area contributed by atoms with Gasteiger partial charge in [0.1, 0.15) is 5.75 Å². The topological polar surface area (TPSA) is 53.1 Å². The maximum atomic E-state index is 13.2. The standard InChI is InChI=1S/C15H18F3N3O/c1-10(2)22-14-4-3-11(7-13(14)15(16,17)18)12-8-20-21(9-12)6-5-19/h3-4,7-10H,5-6,19H2,1-2H3. The molecular formula is C15H18F3N3O. The Bertz CT molecular complexity index is 635. The number of ether oxygens (including phenoxy) is 1. The fourth-order valence-corrected chi connectivity index (χ4v) is 2.05. The Hall–Kier alpha value is -2.02. The van der Waals surface area contributed by atoms with Gasteiger partial charge < -0.3 is 10.5 Å². The number of nitrogens with zero attached hydrogens (tertiary/aromatic N) is 2. The van der Waals surface area contributed by atoms with Crippen molar-refractivity contribution in [3.05, 3.63) is 36.2 Å². The molecule has 0 spiro atoms. The van der Waals surface area contributed by atoms with Crippen LogP contribution in [0, 0.1) is 0 Å². The van der Waals surface area contributed by atoms with Crippen molar-refractivity contribution in [3.63, 3.8) is 0 Å². The largest absolute Gasteiger partial charge is 0.490 e. The van der Waals surface area contributed by atoms with Crippen LogP contribution in [0.2, 0.25) is 0 Å². The Morgan fingerprint density at radius 1 is 1.27 bits per heavy atom. The van der Waals surface area contributed by atoms with Crippen molar-refractivity contribution in [2.75, 3.05) is 6.54 Å². The molecule has 2 rings (SSSR count). The Morgan fingerprint density at radius 3 is 2.59 bits per heavy atom. The van der Waals surface area contributed by atoms with Crippen molar-refractivity contribution in [2.45, 2.75) is 32.7 Å². The molecule has 4 nitrogen and oxygen atoms in total. The van der Waals surface area contributed by atoms with E-state index in [-0.39, 0.29) is 11.9 Å². The van der Waals surface area contributed by atoms with Crippen LogP contribution in [0.1, 0.15) is 19.4 Å². The lowest BCUT2D eigenvalue weighted by Gasteiger charge is -2.17. The summed E-state index contributed by atoms with van der Waals surface area (Å²) in [5.74, 6) is -0.166. The number of hydrogen-bond donors (Lipinski definition) is 1. The third kappa shape index (κ3) is 3.79. The number of alkyl halides is 3. The van der Waals surface area contributed by atoms with Gasteiger partial charge in [-0.3, -0.25) is 4.68 Å². The summed E-state index contributed by atoms with van der Waals surface area (Å²) in [6.45, 7) is 4.30. The maximum Gasteiger partial charge on any atom is 0.419 e. The second-order valence-electron chi connectivity index (χ2n) is 5.16. The summed E-state index contributed by atoms with van der Waals surface area (Å²) in [7, 11) is 0. The minimum atomic E-state index is -4.48. The van der Waals surface area contributed by atoms with Gasteiger partial charge in [0.05, 0.1) is 24.4 Å². The highest BCUT2D eigenvalue weighted by atomic mass is 19.4. The molecule has 2 aromatic rings. The maximum absolute atomic E-state index is 13.2. The predicted octanol–water partition coefficient (Wildman–Crippen LogP) is 3.31. The van der Waals surface area contributed by atoms with Gasteiger partial charge in [-0.25, -0.2) is 0 Å². The SMILES string of the molecule is CC(C)Oc1ccc(-c2cnn(CCN)c2)cc1C(F)(F)F. The van der Waals surface area contributed by atoms with Gasteiger partial charge in [-0.2, -0.15) is 18.3 Å². The first-order valence-corrected chi connectivity index (χ1v) is 6.92. The van der Waals surface area contributed by atoms with Crippen LogP contribution in [0.5, 0.6) is 5.75 Å². The van der Waals surface area contributed by atoms with E-state index < -0.39 is 11.7 Å².